The van der Waals surface area contributed by atoms with Crippen LogP contribution in [0.2, 0.25) is 0 Å². The van der Waals surface area contributed by atoms with Gasteiger partial charge in [0.25, 0.3) is 15.9 Å². The van der Waals surface area contributed by atoms with Crippen LogP contribution in [-0.4, -0.2) is 50.9 Å². The van der Waals surface area contributed by atoms with Crippen LogP contribution >= 0.6 is 0 Å². The predicted octanol–water partition coefficient (Wildman–Crippen LogP) is 3.24. The first-order valence-electron chi connectivity index (χ1n) is 11.0. The number of likely N-dealkylation sites (tertiary alicyclic amines) is 1. The second-order valence-corrected chi connectivity index (χ2v) is 10.2. The van der Waals surface area contributed by atoms with Gasteiger partial charge in [0, 0.05) is 24.7 Å². The molecule has 0 bridgehead atoms. The Hall–Kier alpha value is -2.87. The summed E-state index contributed by atoms with van der Waals surface area (Å²) in [5.41, 5.74) is 1.98. The maximum Gasteiger partial charge on any atom is 0.310 e. The molecule has 2 aromatic rings. The van der Waals surface area contributed by atoms with Crippen LogP contribution in [0.1, 0.15) is 42.6 Å². The van der Waals surface area contributed by atoms with E-state index in [1.165, 1.54) is 16.4 Å². The van der Waals surface area contributed by atoms with E-state index < -0.39 is 10.0 Å². The standard InChI is InChI=1S/C24H28N2O5S/c1-3-31-24(28)20-10-7-13-25(16-20)23(27)19-9-6-11-21(15-19)32(29,30)26-17(2)14-18-8-4-5-12-22(18)26/h4-6,8-9,11-12,15,17,20H,3,7,10,13-14,16H2,1-2H3/t17-,20+/m0/s1. The summed E-state index contributed by atoms with van der Waals surface area (Å²) in [6.07, 6.45) is 2.04. The number of piperidine rings is 1. The number of esters is 1. The Bertz CT molecular complexity index is 1130. The molecule has 2 heterocycles. The van der Waals surface area contributed by atoms with Crippen molar-refractivity contribution in [3.63, 3.8) is 0 Å². The molecule has 0 aromatic heterocycles. The van der Waals surface area contributed by atoms with E-state index in [9.17, 15) is 18.0 Å². The first kappa shape index (κ1) is 22.3. The number of amides is 1. The predicted molar refractivity (Wildman–Crippen MR) is 121 cm³/mol. The van der Waals surface area contributed by atoms with Crippen molar-refractivity contribution in [2.45, 2.75) is 44.0 Å². The Morgan fingerprint density at radius 2 is 1.91 bits per heavy atom. The minimum atomic E-state index is -3.83. The van der Waals surface area contributed by atoms with Crippen LogP contribution in [0.5, 0.6) is 0 Å². The van der Waals surface area contributed by atoms with Crippen LogP contribution in [0.15, 0.2) is 53.4 Å². The highest BCUT2D eigenvalue weighted by atomic mass is 32.2. The van der Waals surface area contributed by atoms with Crippen molar-refractivity contribution in [3.05, 3.63) is 59.7 Å². The van der Waals surface area contributed by atoms with Crippen LogP contribution in [0.3, 0.4) is 0 Å². The van der Waals surface area contributed by atoms with Crippen molar-refractivity contribution in [2.75, 3.05) is 24.0 Å². The topological polar surface area (TPSA) is 84.0 Å². The molecule has 0 radical (unpaired) electrons. The minimum Gasteiger partial charge on any atom is -0.466 e. The van der Waals surface area contributed by atoms with Crippen LogP contribution in [-0.2, 0) is 26.0 Å². The maximum atomic E-state index is 13.5. The molecule has 2 atom stereocenters. The number of nitrogens with zero attached hydrogens (tertiary/aromatic N) is 2. The molecule has 2 aromatic carbocycles. The van der Waals surface area contributed by atoms with Crippen LogP contribution in [0.25, 0.3) is 0 Å². The third kappa shape index (κ3) is 4.11. The summed E-state index contributed by atoms with van der Waals surface area (Å²) in [6, 6.07) is 13.5. The summed E-state index contributed by atoms with van der Waals surface area (Å²) in [6.45, 7) is 4.76. The van der Waals surface area contributed by atoms with Crippen LogP contribution in [0.4, 0.5) is 5.69 Å². The van der Waals surface area contributed by atoms with Gasteiger partial charge in [0.2, 0.25) is 0 Å². The van der Waals surface area contributed by atoms with Gasteiger partial charge in [0.05, 0.1) is 23.1 Å². The second kappa shape index (κ2) is 8.94. The van der Waals surface area contributed by atoms with Gasteiger partial charge in [-0.3, -0.25) is 13.9 Å². The fourth-order valence-corrected chi connectivity index (χ4v) is 6.34. The number of carbonyl (C=O) groups excluding carboxylic acids is 2. The first-order valence-corrected chi connectivity index (χ1v) is 12.4. The summed E-state index contributed by atoms with van der Waals surface area (Å²) in [4.78, 5) is 27.0. The average molecular weight is 457 g/mol. The molecular formula is C24H28N2O5S. The lowest BCUT2D eigenvalue weighted by molar-refractivity contribution is -0.149. The quantitative estimate of drug-likeness (QED) is 0.645. The van der Waals surface area contributed by atoms with Crippen LogP contribution in [0, 0.1) is 5.92 Å². The number of benzene rings is 2. The van der Waals surface area contributed by atoms with E-state index in [2.05, 4.69) is 0 Å². The minimum absolute atomic E-state index is 0.0888. The zero-order chi connectivity index (χ0) is 22.9. The summed E-state index contributed by atoms with van der Waals surface area (Å²) < 4.78 is 33.6. The van der Waals surface area contributed by atoms with Gasteiger partial charge in [-0.05, 0) is 62.9 Å². The van der Waals surface area contributed by atoms with Gasteiger partial charge in [-0.25, -0.2) is 8.42 Å². The lowest BCUT2D eigenvalue weighted by Gasteiger charge is -2.31. The SMILES string of the molecule is CCOC(=O)[C@@H]1CCCN(C(=O)c2cccc(S(=O)(=O)N3c4ccccc4C[C@@H]3C)c2)C1. The van der Waals surface area contributed by atoms with E-state index in [0.29, 0.717) is 43.7 Å². The summed E-state index contributed by atoms with van der Waals surface area (Å²) >= 11 is 0. The zero-order valence-electron chi connectivity index (χ0n) is 18.4. The third-order valence-corrected chi connectivity index (χ3v) is 8.04. The van der Waals surface area contributed by atoms with E-state index in [1.807, 2.05) is 31.2 Å². The van der Waals surface area contributed by atoms with Crippen molar-refractivity contribution in [3.8, 4) is 0 Å². The van der Waals surface area contributed by atoms with E-state index in [-0.39, 0.29) is 35.3 Å². The van der Waals surface area contributed by atoms with Gasteiger partial charge in [0.15, 0.2) is 0 Å². The molecule has 0 spiro atoms. The summed E-state index contributed by atoms with van der Waals surface area (Å²) in [5.74, 6) is -0.907. The molecular weight excluding hydrogens is 428 g/mol. The van der Waals surface area contributed by atoms with Gasteiger partial charge in [-0.15, -0.1) is 0 Å². The zero-order valence-corrected chi connectivity index (χ0v) is 19.2. The van der Waals surface area contributed by atoms with E-state index >= 15 is 0 Å². The Labute approximate surface area is 189 Å². The molecule has 1 fully saturated rings. The Morgan fingerprint density at radius 3 is 2.69 bits per heavy atom. The molecule has 8 heteroatoms. The highest BCUT2D eigenvalue weighted by Crippen LogP contribution is 2.36. The van der Waals surface area contributed by atoms with Crippen molar-refractivity contribution in [1.29, 1.82) is 0 Å². The van der Waals surface area contributed by atoms with Gasteiger partial charge in [-0.2, -0.15) is 0 Å². The maximum absolute atomic E-state index is 13.5. The van der Waals surface area contributed by atoms with Gasteiger partial charge >= 0.3 is 5.97 Å². The molecule has 170 valence electrons. The van der Waals surface area contributed by atoms with Crippen molar-refractivity contribution in [2.24, 2.45) is 5.92 Å². The number of hydrogen-bond acceptors (Lipinski definition) is 5. The summed E-state index contributed by atoms with van der Waals surface area (Å²) in [5, 5.41) is 0. The Morgan fingerprint density at radius 1 is 1.12 bits per heavy atom. The molecule has 0 saturated carbocycles. The monoisotopic (exact) mass is 456 g/mol. The fraction of sp³-hybridized carbons (Fsp3) is 0.417. The fourth-order valence-electron chi connectivity index (χ4n) is 4.60. The van der Waals surface area contributed by atoms with E-state index in [1.54, 1.807) is 24.0 Å². The lowest BCUT2D eigenvalue weighted by atomic mass is 9.97. The molecule has 0 N–H and O–H groups in total. The molecule has 0 unspecified atom stereocenters. The smallest absolute Gasteiger partial charge is 0.310 e. The average Bonchev–Trinajstić information content (AvgIpc) is 3.15. The van der Waals surface area contributed by atoms with E-state index in [4.69, 9.17) is 4.74 Å². The summed E-state index contributed by atoms with van der Waals surface area (Å²) in [7, 11) is -3.83. The number of rotatable bonds is 5. The van der Waals surface area contributed by atoms with Gasteiger partial charge < -0.3 is 9.64 Å². The third-order valence-electron chi connectivity index (χ3n) is 6.11. The van der Waals surface area contributed by atoms with Crippen LogP contribution < -0.4 is 4.31 Å². The molecule has 1 amide bonds. The largest absolute Gasteiger partial charge is 0.466 e. The first-order chi connectivity index (χ1) is 15.3. The number of carbonyl (C=O) groups is 2. The molecule has 2 aliphatic rings. The number of anilines is 1. The number of fused-ring (bicyclic) bond motifs is 1. The highest BCUT2D eigenvalue weighted by Gasteiger charge is 2.36. The van der Waals surface area contributed by atoms with Crippen molar-refractivity contribution < 1.29 is 22.7 Å². The molecule has 0 aliphatic carbocycles. The number of ether oxygens (including phenoxy) is 1. The Balaban J connectivity index is 1.58. The lowest BCUT2D eigenvalue weighted by Crippen LogP contribution is -2.43. The molecule has 4 rings (SSSR count). The normalized spacial score (nSPS) is 20.7. The second-order valence-electron chi connectivity index (χ2n) is 8.35. The van der Waals surface area contributed by atoms with Gasteiger partial charge in [-0.1, -0.05) is 24.3 Å². The van der Waals surface area contributed by atoms with Crippen molar-refractivity contribution in [1.82, 2.24) is 4.90 Å². The number of para-hydroxylation sites is 1. The molecule has 7 nitrogen and oxygen atoms in total. The van der Waals surface area contributed by atoms with Crippen molar-refractivity contribution >= 4 is 27.6 Å². The van der Waals surface area contributed by atoms with E-state index in [0.717, 1.165) is 5.56 Å². The molecule has 1 saturated heterocycles. The molecule has 32 heavy (non-hydrogen) atoms. The molecule has 2 aliphatic heterocycles. The Kier molecular flexibility index (Phi) is 6.24. The number of hydrogen-bond donors (Lipinski definition) is 0. The number of sulfonamides is 1. The highest BCUT2D eigenvalue weighted by molar-refractivity contribution is 7.92. The van der Waals surface area contributed by atoms with Gasteiger partial charge in [0.1, 0.15) is 0 Å².